The van der Waals surface area contributed by atoms with Crippen molar-refractivity contribution >= 4 is 42.2 Å². The predicted molar refractivity (Wildman–Crippen MR) is 116 cm³/mol. The molecule has 1 rings (SSSR count). The average Bonchev–Trinajstić information content (AvgIpc) is 3.22. The maximum absolute atomic E-state index is 12.9. The number of carboxylic acid groups (broad SMARTS) is 1. The molecule has 7 N–H and O–H groups in total. The molecule has 0 spiro atoms. The fourth-order valence-electron chi connectivity index (χ4n) is 3.35. The maximum atomic E-state index is 12.9. The molecule has 12 heteroatoms. The quantitative estimate of drug-likeness (QED) is 0.194. The number of primary amides is 1. The summed E-state index contributed by atoms with van der Waals surface area (Å²) >= 11 is 4.01. The minimum atomic E-state index is -1.20. The van der Waals surface area contributed by atoms with Gasteiger partial charge in [-0.05, 0) is 25.2 Å². The minimum absolute atomic E-state index is 0.101. The zero-order chi connectivity index (χ0) is 23.7. The number of rotatable bonds is 12. The standard InChI is InChI=1S/C19H33N5O6S/c1-3-10(2)15(19(29)30)23-16(26)12(6-7-14(21)25)22-17(27)13-5-4-8-24(13)18(28)11(20)9-31/h10-13,15,31H,3-9,20H2,1-2H3,(H2,21,25)(H,22,27)(H,23,26)(H,29,30). The number of nitrogens with two attached hydrogens (primary N) is 2. The lowest BCUT2D eigenvalue weighted by Gasteiger charge is -2.28. The van der Waals surface area contributed by atoms with Crippen LogP contribution < -0.4 is 22.1 Å². The van der Waals surface area contributed by atoms with Gasteiger partial charge in [0.05, 0.1) is 6.04 Å². The number of carbonyl (C=O) groups is 5. The van der Waals surface area contributed by atoms with Gasteiger partial charge >= 0.3 is 5.97 Å². The number of nitrogens with one attached hydrogen (secondary N) is 2. The fourth-order valence-corrected chi connectivity index (χ4v) is 3.51. The predicted octanol–water partition coefficient (Wildman–Crippen LogP) is -1.40. The zero-order valence-electron chi connectivity index (χ0n) is 17.9. The van der Waals surface area contributed by atoms with E-state index in [2.05, 4.69) is 23.3 Å². The summed E-state index contributed by atoms with van der Waals surface area (Å²) in [6.07, 6.45) is 1.22. The summed E-state index contributed by atoms with van der Waals surface area (Å²) in [4.78, 5) is 62.1. The van der Waals surface area contributed by atoms with E-state index in [0.29, 0.717) is 25.8 Å². The van der Waals surface area contributed by atoms with Crippen LogP contribution >= 0.6 is 12.6 Å². The van der Waals surface area contributed by atoms with E-state index in [9.17, 15) is 29.1 Å². The fraction of sp³-hybridized carbons (Fsp3) is 0.737. The molecule has 1 aliphatic heterocycles. The smallest absolute Gasteiger partial charge is 0.326 e. The Hall–Kier alpha value is -2.34. The van der Waals surface area contributed by atoms with Gasteiger partial charge < -0.3 is 32.1 Å². The molecule has 5 atom stereocenters. The molecule has 0 radical (unpaired) electrons. The molecule has 1 saturated heterocycles. The number of carbonyl (C=O) groups excluding carboxylic acids is 4. The molecule has 0 bridgehead atoms. The second kappa shape index (κ2) is 12.5. The number of thiol groups is 1. The van der Waals surface area contributed by atoms with Crippen molar-refractivity contribution in [3.8, 4) is 0 Å². The average molecular weight is 460 g/mol. The Labute approximate surface area is 187 Å². The summed E-state index contributed by atoms with van der Waals surface area (Å²) < 4.78 is 0. The van der Waals surface area contributed by atoms with Crippen LogP contribution in [0.15, 0.2) is 0 Å². The van der Waals surface area contributed by atoms with Gasteiger partial charge in [-0.25, -0.2) is 4.79 Å². The second-order valence-corrected chi connectivity index (χ2v) is 8.12. The lowest BCUT2D eigenvalue weighted by molar-refractivity contribution is -0.144. The Morgan fingerprint density at radius 1 is 1.23 bits per heavy atom. The first-order valence-electron chi connectivity index (χ1n) is 10.3. The highest BCUT2D eigenvalue weighted by molar-refractivity contribution is 7.80. The van der Waals surface area contributed by atoms with Crippen molar-refractivity contribution in [1.29, 1.82) is 0 Å². The van der Waals surface area contributed by atoms with Crippen molar-refractivity contribution in [3.63, 3.8) is 0 Å². The molecular formula is C19H33N5O6S. The molecule has 11 nitrogen and oxygen atoms in total. The molecule has 31 heavy (non-hydrogen) atoms. The lowest BCUT2D eigenvalue weighted by atomic mass is 9.98. The molecule has 0 saturated carbocycles. The SMILES string of the molecule is CCC(C)C(NC(=O)C(CCC(N)=O)NC(=O)C1CCCN1C(=O)C(N)CS)C(=O)O. The Morgan fingerprint density at radius 3 is 2.39 bits per heavy atom. The normalized spacial score (nSPS) is 19.7. The van der Waals surface area contributed by atoms with Gasteiger partial charge in [0.25, 0.3) is 0 Å². The first-order valence-corrected chi connectivity index (χ1v) is 10.9. The van der Waals surface area contributed by atoms with Crippen molar-refractivity contribution in [2.45, 2.75) is 70.1 Å². The third-order valence-corrected chi connectivity index (χ3v) is 5.84. The van der Waals surface area contributed by atoms with Gasteiger partial charge in [-0.2, -0.15) is 12.6 Å². The van der Waals surface area contributed by atoms with E-state index in [4.69, 9.17) is 11.5 Å². The van der Waals surface area contributed by atoms with Crippen LogP contribution in [-0.4, -0.2) is 76.1 Å². The molecular weight excluding hydrogens is 426 g/mol. The molecule has 0 aliphatic carbocycles. The summed E-state index contributed by atoms with van der Waals surface area (Å²) in [6, 6.07) is -3.99. The van der Waals surface area contributed by atoms with E-state index in [1.54, 1.807) is 13.8 Å². The van der Waals surface area contributed by atoms with Crippen molar-refractivity contribution < 1.29 is 29.1 Å². The van der Waals surface area contributed by atoms with Gasteiger partial charge in [-0.15, -0.1) is 0 Å². The van der Waals surface area contributed by atoms with E-state index in [1.165, 1.54) is 4.90 Å². The van der Waals surface area contributed by atoms with Crippen LogP contribution in [-0.2, 0) is 24.0 Å². The third kappa shape index (κ3) is 7.69. The molecule has 0 aromatic carbocycles. The minimum Gasteiger partial charge on any atom is -0.480 e. The molecule has 5 unspecified atom stereocenters. The Kier molecular flexibility index (Phi) is 10.8. The summed E-state index contributed by atoms with van der Waals surface area (Å²) in [5.41, 5.74) is 10.9. The Morgan fingerprint density at radius 2 is 1.87 bits per heavy atom. The summed E-state index contributed by atoms with van der Waals surface area (Å²) in [7, 11) is 0. The van der Waals surface area contributed by atoms with E-state index >= 15 is 0 Å². The van der Waals surface area contributed by atoms with Crippen molar-refractivity contribution in [1.82, 2.24) is 15.5 Å². The van der Waals surface area contributed by atoms with Gasteiger partial charge in [0.2, 0.25) is 23.6 Å². The number of nitrogens with zero attached hydrogens (tertiary/aromatic N) is 1. The van der Waals surface area contributed by atoms with Crippen LogP contribution in [0.2, 0.25) is 0 Å². The number of likely N-dealkylation sites (tertiary alicyclic amines) is 1. The molecule has 4 amide bonds. The number of carboxylic acids is 1. The van der Waals surface area contributed by atoms with Gasteiger partial charge in [0.15, 0.2) is 0 Å². The van der Waals surface area contributed by atoms with Gasteiger partial charge in [0, 0.05) is 18.7 Å². The highest BCUT2D eigenvalue weighted by atomic mass is 32.1. The number of aliphatic carboxylic acids is 1. The number of amides is 4. The van der Waals surface area contributed by atoms with Gasteiger partial charge in [-0.3, -0.25) is 19.2 Å². The summed E-state index contributed by atoms with van der Waals surface area (Å²) in [5, 5.41) is 14.4. The lowest BCUT2D eigenvalue weighted by Crippen LogP contribution is -2.57. The molecule has 176 valence electrons. The van der Waals surface area contributed by atoms with E-state index in [0.717, 1.165) is 0 Å². The van der Waals surface area contributed by atoms with Crippen molar-refractivity contribution in [2.24, 2.45) is 17.4 Å². The van der Waals surface area contributed by atoms with Gasteiger partial charge in [-0.1, -0.05) is 20.3 Å². The van der Waals surface area contributed by atoms with Gasteiger partial charge in [0.1, 0.15) is 18.1 Å². The van der Waals surface area contributed by atoms with Crippen LogP contribution in [0.25, 0.3) is 0 Å². The first-order chi connectivity index (χ1) is 14.5. The van der Waals surface area contributed by atoms with Crippen LogP contribution in [0.3, 0.4) is 0 Å². The highest BCUT2D eigenvalue weighted by Crippen LogP contribution is 2.19. The van der Waals surface area contributed by atoms with Crippen LogP contribution in [0, 0.1) is 5.92 Å². The van der Waals surface area contributed by atoms with Crippen LogP contribution in [0.4, 0.5) is 0 Å². The van der Waals surface area contributed by atoms with E-state index < -0.39 is 53.8 Å². The molecule has 1 heterocycles. The molecule has 1 fully saturated rings. The second-order valence-electron chi connectivity index (χ2n) is 7.75. The third-order valence-electron chi connectivity index (χ3n) is 5.44. The van der Waals surface area contributed by atoms with E-state index in [1.807, 2.05) is 0 Å². The zero-order valence-corrected chi connectivity index (χ0v) is 18.8. The summed E-state index contributed by atoms with van der Waals surface area (Å²) in [6.45, 7) is 3.83. The van der Waals surface area contributed by atoms with Crippen molar-refractivity contribution in [2.75, 3.05) is 12.3 Å². The maximum Gasteiger partial charge on any atom is 0.326 e. The first kappa shape index (κ1) is 26.7. The monoisotopic (exact) mass is 459 g/mol. The molecule has 1 aliphatic rings. The molecule has 0 aromatic rings. The Bertz CT molecular complexity index is 691. The highest BCUT2D eigenvalue weighted by Gasteiger charge is 2.38. The van der Waals surface area contributed by atoms with Crippen LogP contribution in [0.5, 0.6) is 0 Å². The molecule has 0 aromatic heterocycles. The summed E-state index contributed by atoms with van der Waals surface area (Å²) in [5.74, 6) is -3.80. The largest absolute Gasteiger partial charge is 0.480 e. The Balaban J connectivity index is 2.96. The van der Waals surface area contributed by atoms with Crippen molar-refractivity contribution in [3.05, 3.63) is 0 Å². The number of hydrogen-bond acceptors (Lipinski definition) is 7. The number of hydrogen-bond donors (Lipinski definition) is 6. The topological polar surface area (TPSA) is 185 Å². The van der Waals surface area contributed by atoms with Crippen LogP contribution in [0.1, 0.15) is 46.0 Å². The van der Waals surface area contributed by atoms with E-state index in [-0.39, 0.29) is 24.5 Å².